The summed E-state index contributed by atoms with van der Waals surface area (Å²) in [6.07, 6.45) is -3.90. The SMILES string of the molecule is COc1ccccc1CC(CNC(=O)c1cnn(C(C)C)c1C(F)(F)F)C(=O)O. The minimum Gasteiger partial charge on any atom is -0.496 e. The summed E-state index contributed by atoms with van der Waals surface area (Å²) in [5.41, 5.74) is -1.20. The quantitative estimate of drug-likeness (QED) is 0.694. The number of alkyl halides is 3. The smallest absolute Gasteiger partial charge is 0.433 e. The molecule has 2 N–H and O–H groups in total. The number of carboxylic acids is 1. The number of hydrogen-bond donors (Lipinski definition) is 2. The van der Waals surface area contributed by atoms with Crippen molar-refractivity contribution in [1.29, 1.82) is 0 Å². The topological polar surface area (TPSA) is 93.5 Å². The van der Waals surface area contributed by atoms with E-state index in [4.69, 9.17) is 4.74 Å². The third-order valence-electron chi connectivity index (χ3n) is 4.31. The molecule has 0 aliphatic heterocycles. The number of nitrogens with one attached hydrogen (secondary N) is 1. The van der Waals surface area contributed by atoms with Crippen LogP contribution < -0.4 is 10.1 Å². The number of carbonyl (C=O) groups is 2. The number of aliphatic carboxylic acids is 1. The van der Waals surface area contributed by atoms with Crippen LogP contribution in [-0.2, 0) is 17.4 Å². The molecule has 158 valence electrons. The van der Waals surface area contributed by atoms with Crippen LogP contribution in [0.1, 0.15) is 41.5 Å². The van der Waals surface area contributed by atoms with E-state index in [1.807, 2.05) is 0 Å². The average Bonchev–Trinajstić information content (AvgIpc) is 3.11. The molecule has 1 amide bonds. The highest BCUT2D eigenvalue weighted by Crippen LogP contribution is 2.33. The van der Waals surface area contributed by atoms with E-state index in [1.165, 1.54) is 21.0 Å². The maximum Gasteiger partial charge on any atom is 0.433 e. The van der Waals surface area contributed by atoms with Crippen molar-refractivity contribution < 1.29 is 32.6 Å². The van der Waals surface area contributed by atoms with Gasteiger partial charge in [-0.1, -0.05) is 18.2 Å². The summed E-state index contributed by atoms with van der Waals surface area (Å²) in [6, 6.07) is 6.19. The normalized spacial score (nSPS) is 12.7. The number of amides is 1. The molecule has 1 aromatic heterocycles. The highest BCUT2D eigenvalue weighted by Gasteiger charge is 2.40. The molecule has 1 atom stereocenters. The van der Waals surface area contributed by atoms with E-state index in [9.17, 15) is 27.9 Å². The largest absolute Gasteiger partial charge is 0.496 e. The maximum atomic E-state index is 13.4. The minimum atomic E-state index is -4.78. The van der Waals surface area contributed by atoms with Gasteiger partial charge in [0, 0.05) is 12.6 Å². The molecule has 1 unspecified atom stereocenters. The van der Waals surface area contributed by atoms with Crippen molar-refractivity contribution in [3.8, 4) is 5.75 Å². The Labute approximate surface area is 165 Å². The zero-order valence-corrected chi connectivity index (χ0v) is 16.2. The summed E-state index contributed by atoms with van der Waals surface area (Å²) in [5, 5.41) is 15.4. The first-order valence-corrected chi connectivity index (χ1v) is 8.83. The maximum absolute atomic E-state index is 13.4. The summed E-state index contributed by atoms with van der Waals surface area (Å²) >= 11 is 0. The van der Waals surface area contributed by atoms with Crippen LogP contribution in [0.25, 0.3) is 0 Å². The van der Waals surface area contributed by atoms with Crippen molar-refractivity contribution in [2.45, 2.75) is 32.5 Å². The van der Waals surface area contributed by atoms with Gasteiger partial charge in [-0.05, 0) is 31.9 Å². The van der Waals surface area contributed by atoms with Gasteiger partial charge in [0.05, 0.1) is 24.8 Å². The third kappa shape index (κ3) is 5.27. The van der Waals surface area contributed by atoms with Gasteiger partial charge in [0.15, 0.2) is 5.69 Å². The van der Waals surface area contributed by atoms with E-state index in [1.54, 1.807) is 24.3 Å². The van der Waals surface area contributed by atoms with Crippen LogP contribution >= 0.6 is 0 Å². The van der Waals surface area contributed by atoms with Crippen molar-refractivity contribution in [3.63, 3.8) is 0 Å². The van der Waals surface area contributed by atoms with Crippen LogP contribution in [0.2, 0.25) is 0 Å². The predicted molar refractivity (Wildman–Crippen MR) is 97.8 cm³/mol. The number of para-hydroxylation sites is 1. The lowest BCUT2D eigenvalue weighted by Gasteiger charge is -2.17. The number of hydrogen-bond acceptors (Lipinski definition) is 4. The van der Waals surface area contributed by atoms with E-state index in [2.05, 4.69) is 10.4 Å². The Kier molecular flexibility index (Phi) is 6.89. The van der Waals surface area contributed by atoms with Gasteiger partial charge in [0.1, 0.15) is 5.75 Å². The van der Waals surface area contributed by atoms with Crippen LogP contribution in [0.3, 0.4) is 0 Å². The molecule has 0 radical (unpaired) electrons. The second kappa shape index (κ2) is 8.97. The van der Waals surface area contributed by atoms with Gasteiger partial charge < -0.3 is 15.2 Å². The number of halogens is 3. The van der Waals surface area contributed by atoms with E-state index in [-0.39, 0.29) is 13.0 Å². The van der Waals surface area contributed by atoms with Crippen molar-refractivity contribution in [3.05, 3.63) is 47.3 Å². The molecule has 2 aromatic rings. The minimum absolute atomic E-state index is 0.0387. The molecular formula is C19H22F3N3O4. The zero-order valence-electron chi connectivity index (χ0n) is 16.2. The predicted octanol–water partition coefficient (Wildman–Crippen LogP) is 3.16. The number of benzene rings is 1. The number of rotatable bonds is 8. The first kappa shape index (κ1) is 22.3. The molecule has 1 aromatic carbocycles. The van der Waals surface area contributed by atoms with Crippen molar-refractivity contribution in [2.24, 2.45) is 5.92 Å². The third-order valence-corrected chi connectivity index (χ3v) is 4.31. The molecular weight excluding hydrogens is 391 g/mol. The Bertz CT molecular complexity index is 878. The lowest BCUT2D eigenvalue weighted by molar-refractivity contribution is -0.145. The molecule has 0 fully saturated rings. The van der Waals surface area contributed by atoms with Gasteiger partial charge in [-0.15, -0.1) is 0 Å². The number of aromatic nitrogens is 2. The van der Waals surface area contributed by atoms with Gasteiger partial charge in [0.2, 0.25) is 0 Å². The number of nitrogens with zero attached hydrogens (tertiary/aromatic N) is 2. The molecule has 1 heterocycles. The summed E-state index contributed by atoms with van der Waals surface area (Å²) in [5.74, 6) is -2.78. The zero-order chi connectivity index (χ0) is 21.8. The Morgan fingerprint density at radius 3 is 2.48 bits per heavy atom. The molecule has 29 heavy (non-hydrogen) atoms. The van der Waals surface area contributed by atoms with Crippen molar-refractivity contribution in [2.75, 3.05) is 13.7 Å². The summed E-state index contributed by atoms with van der Waals surface area (Å²) < 4.78 is 46.1. The fraction of sp³-hybridized carbons (Fsp3) is 0.421. The van der Waals surface area contributed by atoms with Gasteiger partial charge in [0.25, 0.3) is 5.91 Å². The molecule has 0 bridgehead atoms. The van der Waals surface area contributed by atoms with E-state index < -0.39 is 41.3 Å². The van der Waals surface area contributed by atoms with Crippen LogP contribution in [-0.4, -0.2) is 40.4 Å². The Hall–Kier alpha value is -3.04. The van der Waals surface area contributed by atoms with Crippen LogP contribution in [0, 0.1) is 5.92 Å². The van der Waals surface area contributed by atoms with Gasteiger partial charge >= 0.3 is 12.1 Å². The van der Waals surface area contributed by atoms with Gasteiger partial charge in [-0.3, -0.25) is 14.3 Å². The average molecular weight is 413 g/mol. The van der Waals surface area contributed by atoms with E-state index in [0.717, 1.165) is 10.9 Å². The molecule has 0 spiro atoms. The van der Waals surface area contributed by atoms with Crippen LogP contribution in [0.15, 0.2) is 30.5 Å². The number of ether oxygens (including phenoxy) is 1. The highest BCUT2D eigenvalue weighted by atomic mass is 19.4. The van der Waals surface area contributed by atoms with Crippen LogP contribution in [0.4, 0.5) is 13.2 Å². The fourth-order valence-electron chi connectivity index (χ4n) is 2.90. The second-order valence-electron chi connectivity index (χ2n) is 6.70. The Morgan fingerprint density at radius 2 is 1.93 bits per heavy atom. The van der Waals surface area contributed by atoms with Gasteiger partial charge in [-0.2, -0.15) is 18.3 Å². The lowest BCUT2D eigenvalue weighted by atomic mass is 9.98. The molecule has 0 aliphatic rings. The molecule has 7 nitrogen and oxygen atoms in total. The molecule has 2 rings (SSSR count). The lowest BCUT2D eigenvalue weighted by Crippen LogP contribution is -2.35. The van der Waals surface area contributed by atoms with E-state index in [0.29, 0.717) is 11.3 Å². The van der Waals surface area contributed by atoms with Crippen molar-refractivity contribution >= 4 is 11.9 Å². The number of carbonyl (C=O) groups excluding carboxylic acids is 1. The highest BCUT2D eigenvalue weighted by molar-refractivity contribution is 5.95. The molecule has 0 saturated heterocycles. The Balaban J connectivity index is 2.19. The fourth-order valence-corrected chi connectivity index (χ4v) is 2.90. The van der Waals surface area contributed by atoms with Crippen molar-refractivity contribution in [1.82, 2.24) is 15.1 Å². The standard InChI is InChI=1S/C19H22F3N3O4/c1-11(2)25-16(19(20,21)22)14(10-24-25)17(26)23-9-13(18(27)28)8-12-6-4-5-7-15(12)29-3/h4-7,10-11,13H,8-9H2,1-3H3,(H,23,26)(H,27,28). The van der Waals surface area contributed by atoms with E-state index >= 15 is 0 Å². The summed E-state index contributed by atoms with van der Waals surface area (Å²) in [4.78, 5) is 24.0. The molecule has 10 heteroatoms. The van der Waals surface area contributed by atoms with Crippen LogP contribution in [0.5, 0.6) is 5.75 Å². The molecule has 0 saturated carbocycles. The molecule has 0 aliphatic carbocycles. The van der Waals surface area contributed by atoms with Gasteiger partial charge in [-0.25, -0.2) is 0 Å². The number of carboxylic acid groups (broad SMARTS) is 1. The second-order valence-corrected chi connectivity index (χ2v) is 6.70. The summed E-state index contributed by atoms with van der Waals surface area (Å²) in [6.45, 7) is 2.67. The summed E-state index contributed by atoms with van der Waals surface area (Å²) in [7, 11) is 1.45. The Morgan fingerprint density at radius 1 is 1.28 bits per heavy atom. The first-order chi connectivity index (χ1) is 13.6. The first-order valence-electron chi connectivity index (χ1n) is 8.83. The number of methoxy groups -OCH3 is 1. The monoisotopic (exact) mass is 413 g/mol.